The molecule has 0 bridgehead atoms. The number of nitro groups is 1. The molecule has 0 radical (unpaired) electrons. The number of nitrogens with zero attached hydrogens (tertiary/aromatic N) is 2. The summed E-state index contributed by atoms with van der Waals surface area (Å²) < 4.78 is 5.73. The van der Waals surface area contributed by atoms with Crippen LogP contribution in [-0.2, 0) is 9.59 Å². The number of rotatable bonds is 6. The second-order valence-corrected chi connectivity index (χ2v) is 7.42. The lowest BCUT2D eigenvalue weighted by molar-refractivity contribution is -0.384. The summed E-state index contributed by atoms with van der Waals surface area (Å²) >= 11 is 5.17. The van der Waals surface area contributed by atoms with Crippen LogP contribution in [0.3, 0.4) is 0 Å². The number of nitrogens with one attached hydrogen (secondary N) is 1. The van der Waals surface area contributed by atoms with Gasteiger partial charge >= 0.3 is 0 Å². The average Bonchev–Trinajstić information content (AvgIpc) is 2.83. The van der Waals surface area contributed by atoms with E-state index in [4.69, 9.17) is 17.0 Å². The molecule has 1 heterocycles. The Labute approximate surface area is 198 Å². The SMILES string of the molecule is O=C1NC(=S)N(c2ccc(Oc3ccccc3)cc2)C(=O)C1=CC(=O)c1ccc([N+](=O)[O-])cc1. The van der Waals surface area contributed by atoms with E-state index in [1.807, 2.05) is 18.2 Å². The van der Waals surface area contributed by atoms with Crippen LogP contribution < -0.4 is 15.0 Å². The van der Waals surface area contributed by atoms with E-state index in [2.05, 4.69) is 5.32 Å². The third-order valence-electron chi connectivity index (χ3n) is 4.81. The Bertz CT molecular complexity index is 1340. The van der Waals surface area contributed by atoms with Crippen molar-refractivity contribution in [3.8, 4) is 11.5 Å². The predicted molar refractivity (Wildman–Crippen MR) is 127 cm³/mol. The second kappa shape index (κ2) is 9.43. The zero-order valence-electron chi connectivity index (χ0n) is 17.3. The van der Waals surface area contributed by atoms with Crippen LogP contribution in [0.4, 0.5) is 11.4 Å². The van der Waals surface area contributed by atoms with E-state index >= 15 is 0 Å². The van der Waals surface area contributed by atoms with Crippen molar-refractivity contribution in [2.75, 3.05) is 4.90 Å². The van der Waals surface area contributed by atoms with E-state index in [1.54, 1.807) is 36.4 Å². The molecule has 10 heteroatoms. The highest BCUT2D eigenvalue weighted by Crippen LogP contribution is 2.26. The molecule has 0 aliphatic carbocycles. The molecule has 34 heavy (non-hydrogen) atoms. The van der Waals surface area contributed by atoms with Gasteiger partial charge in [0.05, 0.1) is 10.6 Å². The van der Waals surface area contributed by atoms with Gasteiger partial charge in [-0.1, -0.05) is 18.2 Å². The lowest BCUT2D eigenvalue weighted by Crippen LogP contribution is -2.54. The number of amides is 2. The third kappa shape index (κ3) is 4.71. The maximum absolute atomic E-state index is 13.1. The number of benzene rings is 3. The van der Waals surface area contributed by atoms with E-state index in [0.717, 1.165) is 23.1 Å². The van der Waals surface area contributed by atoms with E-state index in [1.165, 1.54) is 12.1 Å². The number of nitro benzene ring substituents is 1. The smallest absolute Gasteiger partial charge is 0.270 e. The number of para-hydroxylation sites is 1. The molecule has 1 aliphatic rings. The van der Waals surface area contributed by atoms with Crippen molar-refractivity contribution in [2.24, 2.45) is 0 Å². The number of carbonyl (C=O) groups excluding carboxylic acids is 3. The fourth-order valence-electron chi connectivity index (χ4n) is 3.14. The molecule has 0 unspecified atom stereocenters. The molecule has 9 nitrogen and oxygen atoms in total. The topological polar surface area (TPSA) is 119 Å². The van der Waals surface area contributed by atoms with E-state index in [-0.39, 0.29) is 16.4 Å². The van der Waals surface area contributed by atoms with Crippen LogP contribution in [-0.4, -0.2) is 27.6 Å². The van der Waals surface area contributed by atoms with Crippen molar-refractivity contribution in [2.45, 2.75) is 0 Å². The van der Waals surface area contributed by atoms with Crippen molar-refractivity contribution in [3.05, 3.63) is 106 Å². The van der Waals surface area contributed by atoms with Crippen molar-refractivity contribution >= 4 is 46.3 Å². The predicted octanol–water partition coefficient (Wildman–Crippen LogP) is 3.94. The van der Waals surface area contributed by atoms with Gasteiger partial charge in [0, 0.05) is 23.8 Å². The molecule has 0 aromatic heterocycles. The minimum atomic E-state index is -0.814. The quantitative estimate of drug-likeness (QED) is 0.144. The average molecular weight is 473 g/mol. The maximum Gasteiger partial charge on any atom is 0.270 e. The van der Waals surface area contributed by atoms with Gasteiger partial charge in [0.15, 0.2) is 10.9 Å². The first-order valence-corrected chi connectivity index (χ1v) is 10.3. The van der Waals surface area contributed by atoms with Gasteiger partial charge in [-0.05, 0) is 60.7 Å². The van der Waals surface area contributed by atoms with Crippen molar-refractivity contribution in [3.63, 3.8) is 0 Å². The van der Waals surface area contributed by atoms with Crippen LogP contribution in [0.15, 0.2) is 90.5 Å². The largest absolute Gasteiger partial charge is 0.457 e. The third-order valence-corrected chi connectivity index (χ3v) is 5.10. The second-order valence-electron chi connectivity index (χ2n) is 7.04. The maximum atomic E-state index is 13.1. The Morgan fingerprint density at radius 3 is 2.18 bits per heavy atom. The van der Waals surface area contributed by atoms with Gasteiger partial charge in [0.1, 0.15) is 17.1 Å². The fourth-order valence-corrected chi connectivity index (χ4v) is 3.42. The van der Waals surface area contributed by atoms with Crippen molar-refractivity contribution in [1.82, 2.24) is 5.32 Å². The molecular formula is C24H15N3O6S. The Morgan fingerprint density at radius 2 is 1.56 bits per heavy atom. The number of ketones is 1. The number of carbonyl (C=O) groups is 3. The molecule has 0 spiro atoms. The molecule has 4 rings (SSSR count). The van der Waals surface area contributed by atoms with Gasteiger partial charge < -0.3 is 4.74 Å². The molecule has 1 saturated heterocycles. The summed E-state index contributed by atoms with van der Waals surface area (Å²) in [6.45, 7) is 0. The summed E-state index contributed by atoms with van der Waals surface area (Å²) in [5.41, 5.74) is -0.154. The lowest BCUT2D eigenvalue weighted by atomic mass is 10.0. The van der Waals surface area contributed by atoms with Crippen LogP contribution in [0.2, 0.25) is 0 Å². The summed E-state index contributed by atoms with van der Waals surface area (Å²) in [5.74, 6) is -1.08. The van der Waals surface area contributed by atoms with E-state index in [9.17, 15) is 24.5 Å². The zero-order chi connectivity index (χ0) is 24.2. The molecule has 1 aliphatic heterocycles. The number of hydrogen-bond acceptors (Lipinski definition) is 7. The number of allylic oxidation sites excluding steroid dienone is 1. The fraction of sp³-hybridized carbons (Fsp3) is 0. The van der Waals surface area contributed by atoms with Gasteiger partial charge in [-0.15, -0.1) is 0 Å². The molecule has 168 valence electrons. The van der Waals surface area contributed by atoms with E-state index < -0.39 is 28.1 Å². The Balaban J connectivity index is 1.56. The molecule has 0 saturated carbocycles. The van der Waals surface area contributed by atoms with Crippen LogP contribution in [0, 0.1) is 10.1 Å². The highest BCUT2D eigenvalue weighted by Gasteiger charge is 2.35. The molecule has 1 N–H and O–H groups in total. The lowest BCUT2D eigenvalue weighted by Gasteiger charge is -2.28. The summed E-state index contributed by atoms with van der Waals surface area (Å²) in [7, 11) is 0. The first-order valence-electron chi connectivity index (χ1n) is 9.87. The van der Waals surface area contributed by atoms with Gasteiger partial charge in [0.2, 0.25) is 0 Å². The Kier molecular flexibility index (Phi) is 6.24. The number of ether oxygens (including phenoxy) is 1. The zero-order valence-corrected chi connectivity index (χ0v) is 18.2. The summed E-state index contributed by atoms with van der Waals surface area (Å²) in [4.78, 5) is 49.3. The molecule has 1 fully saturated rings. The number of non-ortho nitro benzene ring substituents is 1. The number of thiocarbonyl (C=S) groups is 1. The summed E-state index contributed by atoms with van der Waals surface area (Å²) in [6.07, 6.45) is 0.889. The van der Waals surface area contributed by atoms with Crippen LogP contribution >= 0.6 is 12.2 Å². The number of anilines is 1. The van der Waals surface area contributed by atoms with Gasteiger partial charge in [-0.3, -0.25) is 34.7 Å². The monoisotopic (exact) mass is 473 g/mol. The molecular weight excluding hydrogens is 458 g/mol. The Morgan fingerprint density at radius 1 is 0.941 bits per heavy atom. The normalized spacial score (nSPS) is 14.6. The number of hydrogen-bond donors (Lipinski definition) is 1. The first kappa shape index (κ1) is 22.5. The van der Waals surface area contributed by atoms with Gasteiger partial charge in [-0.2, -0.15) is 0 Å². The van der Waals surface area contributed by atoms with Crippen LogP contribution in [0.25, 0.3) is 0 Å². The highest BCUT2D eigenvalue weighted by atomic mass is 32.1. The standard InChI is InChI=1S/C24H15N3O6S/c28-21(15-6-8-17(9-7-15)27(31)32)14-20-22(29)25-24(34)26(23(20)30)16-10-12-19(13-11-16)33-18-4-2-1-3-5-18/h1-14H,(H,25,29,34). The summed E-state index contributed by atoms with van der Waals surface area (Å²) in [5, 5.41) is 13.1. The highest BCUT2D eigenvalue weighted by molar-refractivity contribution is 7.80. The van der Waals surface area contributed by atoms with Crippen LogP contribution in [0.5, 0.6) is 11.5 Å². The Hall–Kier alpha value is -4.70. The van der Waals surface area contributed by atoms with Crippen LogP contribution in [0.1, 0.15) is 10.4 Å². The summed E-state index contributed by atoms with van der Waals surface area (Å²) in [6, 6.07) is 20.4. The minimum absolute atomic E-state index is 0.0841. The van der Waals surface area contributed by atoms with E-state index in [0.29, 0.717) is 17.2 Å². The molecule has 0 atom stereocenters. The van der Waals surface area contributed by atoms with Gasteiger partial charge in [-0.25, -0.2) is 0 Å². The van der Waals surface area contributed by atoms with Crippen molar-refractivity contribution in [1.29, 1.82) is 0 Å². The molecule has 3 aromatic carbocycles. The minimum Gasteiger partial charge on any atom is -0.457 e. The first-order chi connectivity index (χ1) is 16.3. The van der Waals surface area contributed by atoms with Crippen molar-refractivity contribution < 1.29 is 24.0 Å². The molecule has 3 aromatic rings. The van der Waals surface area contributed by atoms with Gasteiger partial charge in [0.25, 0.3) is 17.5 Å². The molecule has 2 amide bonds.